The fourth-order valence-corrected chi connectivity index (χ4v) is 2.65. The van der Waals surface area contributed by atoms with Gasteiger partial charge in [-0.2, -0.15) is 5.26 Å². The molecule has 0 amide bonds. The van der Waals surface area contributed by atoms with E-state index < -0.39 is 0 Å². The Balaban J connectivity index is 1.73. The lowest BCUT2D eigenvalue weighted by atomic mass is 10.1. The van der Waals surface area contributed by atoms with Crippen LogP contribution in [0.1, 0.15) is 5.56 Å². The molecule has 0 N–H and O–H groups in total. The van der Waals surface area contributed by atoms with E-state index in [9.17, 15) is 5.26 Å². The summed E-state index contributed by atoms with van der Waals surface area (Å²) in [6.45, 7) is 0. The summed E-state index contributed by atoms with van der Waals surface area (Å²) in [5.74, 6) is 0.916. The van der Waals surface area contributed by atoms with Gasteiger partial charge in [0.05, 0.1) is 29.2 Å². The van der Waals surface area contributed by atoms with Gasteiger partial charge >= 0.3 is 0 Å². The Hall–Kier alpha value is -3.43. The van der Waals surface area contributed by atoms with Gasteiger partial charge in [-0.3, -0.25) is 0 Å². The van der Waals surface area contributed by atoms with Crippen molar-refractivity contribution in [2.45, 2.75) is 0 Å². The number of rotatable bonds is 3. The maximum Gasteiger partial charge on any atom is 0.221 e. The normalized spacial score (nSPS) is 10.6. The van der Waals surface area contributed by atoms with E-state index in [1.54, 1.807) is 47.4 Å². The Morgan fingerprint density at radius 1 is 1.12 bits per heavy atom. The van der Waals surface area contributed by atoms with Gasteiger partial charge in [0.1, 0.15) is 11.8 Å². The molecular weight excluding hydrogens is 338 g/mol. The highest BCUT2D eigenvalue weighted by Crippen LogP contribution is 2.28. The molecule has 120 valence electrons. The van der Waals surface area contributed by atoms with Gasteiger partial charge in [-0.25, -0.2) is 9.67 Å². The molecular formula is C18H10ClN5O. The van der Waals surface area contributed by atoms with Crippen LogP contribution in [0.15, 0.2) is 60.9 Å². The summed E-state index contributed by atoms with van der Waals surface area (Å²) in [5.41, 5.74) is 1.91. The van der Waals surface area contributed by atoms with Gasteiger partial charge in [0.2, 0.25) is 5.88 Å². The lowest BCUT2D eigenvalue weighted by Gasteiger charge is -2.09. The van der Waals surface area contributed by atoms with Crippen molar-refractivity contribution in [3.8, 4) is 23.4 Å². The molecule has 0 aliphatic heterocycles. The molecule has 0 aliphatic rings. The van der Waals surface area contributed by atoms with Crippen LogP contribution in [0.5, 0.6) is 11.6 Å². The second-order valence-corrected chi connectivity index (χ2v) is 5.66. The molecule has 0 fully saturated rings. The summed E-state index contributed by atoms with van der Waals surface area (Å²) in [5, 5.41) is 18.4. The summed E-state index contributed by atoms with van der Waals surface area (Å²) in [6.07, 6.45) is 3.34. The quantitative estimate of drug-likeness (QED) is 0.556. The van der Waals surface area contributed by atoms with Gasteiger partial charge in [-0.05, 0) is 30.3 Å². The van der Waals surface area contributed by atoms with Gasteiger partial charge in [-0.1, -0.05) is 22.9 Å². The van der Waals surface area contributed by atoms with E-state index in [1.807, 2.05) is 18.2 Å². The van der Waals surface area contributed by atoms with Crippen LogP contribution >= 0.6 is 11.6 Å². The van der Waals surface area contributed by atoms with Crippen molar-refractivity contribution in [1.29, 1.82) is 5.26 Å². The van der Waals surface area contributed by atoms with Crippen molar-refractivity contribution in [3.63, 3.8) is 0 Å². The minimum atomic E-state index is 0.335. The molecule has 2 heterocycles. The van der Waals surface area contributed by atoms with Crippen LogP contribution in [0, 0.1) is 11.3 Å². The summed E-state index contributed by atoms with van der Waals surface area (Å²) >= 11 is 6.00. The topological polar surface area (TPSA) is 76.6 Å². The largest absolute Gasteiger partial charge is 0.439 e. The molecule has 25 heavy (non-hydrogen) atoms. The number of hydrogen-bond donors (Lipinski definition) is 0. The third-order valence-electron chi connectivity index (χ3n) is 3.59. The monoisotopic (exact) mass is 347 g/mol. The summed E-state index contributed by atoms with van der Waals surface area (Å²) < 4.78 is 7.47. The Morgan fingerprint density at radius 3 is 2.84 bits per heavy atom. The molecule has 0 aliphatic carbocycles. The number of pyridine rings is 1. The Labute approximate surface area is 147 Å². The summed E-state index contributed by atoms with van der Waals surface area (Å²) in [7, 11) is 0. The van der Waals surface area contributed by atoms with E-state index in [4.69, 9.17) is 16.3 Å². The minimum Gasteiger partial charge on any atom is -0.439 e. The summed E-state index contributed by atoms with van der Waals surface area (Å²) in [4.78, 5) is 4.45. The lowest BCUT2D eigenvalue weighted by molar-refractivity contribution is 0.464. The molecule has 0 atom stereocenters. The number of nitriles is 1. The molecule has 2 aromatic carbocycles. The highest BCUT2D eigenvalue weighted by Gasteiger charge is 2.09. The van der Waals surface area contributed by atoms with E-state index in [2.05, 4.69) is 21.4 Å². The van der Waals surface area contributed by atoms with Crippen molar-refractivity contribution in [2.75, 3.05) is 0 Å². The van der Waals surface area contributed by atoms with E-state index in [0.717, 1.165) is 5.69 Å². The Morgan fingerprint density at radius 2 is 2.04 bits per heavy atom. The first-order valence-corrected chi connectivity index (χ1v) is 7.76. The molecule has 0 saturated heterocycles. The van der Waals surface area contributed by atoms with Gasteiger partial charge < -0.3 is 4.74 Å². The number of benzene rings is 2. The molecule has 4 aromatic rings. The van der Waals surface area contributed by atoms with Crippen molar-refractivity contribution in [2.24, 2.45) is 0 Å². The Kier molecular flexibility index (Phi) is 3.77. The first-order valence-electron chi connectivity index (χ1n) is 7.38. The molecule has 0 saturated carbocycles. The fourth-order valence-electron chi connectivity index (χ4n) is 2.47. The van der Waals surface area contributed by atoms with Gasteiger partial charge in [0.25, 0.3) is 0 Å². The maximum atomic E-state index is 9.39. The van der Waals surface area contributed by atoms with Crippen LogP contribution in [0.2, 0.25) is 5.02 Å². The predicted octanol–water partition coefficient (Wildman–Crippen LogP) is 4.13. The van der Waals surface area contributed by atoms with Crippen LogP contribution in [-0.4, -0.2) is 20.0 Å². The maximum absolute atomic E-state index is 9.39. The van der Waals surface area contributed by atoms with Crippen molar-refractivity contribution in [1.82, 2.24) is 20.0 Å². The predicted molar refractivity (Wildman–Crippen MR) is 92.9 cm³/mol. The minimum absolute atomic E-state index is 0.335. The number of hydrogen-bond acceptors (Lipinski definition) is 5. The van der Waals surface area contributed by atoms with Crippen LogP contribution in [0.3, 0.4) is 0 Å². The van der Waals surface area contributed by atoms with Crippen LogP contribution in [0.4, 0.5) is 0 Å². The molecule has 0 unspecified atom stereocenters. The third-order valence-corrected chi connectivity index (χ3v) is 3.83. The van der Waals surface area contributed by atoms with Crippen molar-refractivity contribution < 1.29 is 4.74 Å². The molecule has 0 bridgehead atoms. The highest BCUT2D eigenvalue weighted by molar-refractivity contribution is 6.31. The number of aromatic nitrogens is 4. The lowest BCUT2D eigenvalue weighted by Crippen LogP contribution is -1.96. The molecule has 2 aromatic heterocycles. The molecule has 0 radical (unpaired) electrons. The molecule has 0 spiro atoms. The molecule has 4 rings (SSSR count). The van der Waals surface area contributed by atoms with E-state index in [-0.39, 0.29) is 0 Å². The smallest absolute Gasteiger partial charge is 0.221 e. The first kappa shape index (κ1) is 15.1. The average molecular weight is 348 g/mol. The van der Waals surface area contributed by atoms with E-state index in [1.165, 1.54) is 0 Å². The van der Waals surface area contributed by atoms with Crippen molar-refractivity contribution in [3.05, 3.63) is 71.5 Å². The number of ether oxygens (including phenoxy) is 1. The average Bonchev–Trinajstić information content (AvgIpc) is 3.16. The molecule has 7 heteroatoms. The van der Waals surface area contributed by atoms with Crippen LogP contribution in [-0.2, 0) is 0 Å². The van der Waals surface area contributed by atoms with Crippen LogP contribution < -0.4 is 4.74 Å². The fraction of sp³-hybridized carbons (Fsp3) is 0. The molecule has 6 nitrogen and oxygen atoms in total. The van der Waals surface area contributed by atoms with Gasteiger partial charge in [0.15, 0.2) is 0 Å². The van der Waals surface area contributed by atoms with E-state index >= 15 is 0 Å². The van der Waals surface area contributed by atoms with Crippen molar-refractivity contribution >= 4 is 22.5 Å². The zero-order valence-corrected chi connectivity index (χ0v) is 13.6. The number of fused-ring (bicyclic) bond motifs is 1. The first-order chi connectivity index (χ1) is 12.2. The second-order valence-electron chi connectivity index (χ2n) is 5.23. The Bertz CT molecular complexity index is 1100. The zero-order valence-electron chi connectivity index (χ0n) is 12.8. The third kappa shape index (κ3) is 3.01. The van der Waals surface area contributed by atoms with Crippen LogP contribution in [0.25, 0.3) is 16.6 Å². The SMILES string of the molecule is N#Cc1cc(Oc2cccc(-n3ccnn3)c2)nc2ccc(Cl)cc12. The standard InChI is InChI=1S/C18H10ClN5O/c19-13-4-5-17-16(9-13)12(11-20)8-18(22-17)25-15-3-1-2-14(10-15)24-7-6-21-23-24/h1-10H. The van der Waals surface area contributed by atoms with E-state index in [0.29, 0.717) is 33.1 Å². The number of halogens is 1. The van der Waals surface area contributed by atoms with Gasteiger partial charge in [0, 0.05) is 22.5 Å². The summed E-state index contributed by atoms with van der Waals surface area (Å²) in [6, 6.07) is 16.3. The van der Waals surface area contributed by atoms with Gasteiger partial charge in [-0.15, -0.1) is 5.10 Å². The number of nitrogens with zero attached hydrogens (tertiary/aromatic N) is 5. The highest BCUT2D eigenvalue weighted by atomic mass is 35.5. The zero-order chi connectivity index (χ0) is 17.2. The second kappa shape index (κ2) is 6.23.